The van der Waals surface area contributed by atoms with Gasteiger partial charge in [-0.3, -0.25) is 9.48 Å². The predicted molar refractivity (Wildman–Crippen MR) is 113 cm³/mol. The number of hydrogen-bond donors (Lipinski definition) is 1. The van der Waals surface area contributed by atoms with Crippen molar-refractivity contribution in [2.75, 3.05) is 0 Å². The van der Waals surface area contributed by atoms with Crippen LogP contribution in [0.15, 0.2) is 46.0 Å². The largest absolute Gasteiger partial charge is 0.435 e. The van der Waals surface area contributed by atoms with Crippen LogP contribution in [0.2, 0.25) is 0 Å². The molecule has 0 unspecified atom stereocenters. The molecule has 0 aliphatic rings. The van der Waals surface area contributed by atoms with Crippen LogP contribution >= 0.6 is 0 Å². The van der Waals surface area contributed by atoms with Crippen LogP contribution in [0.25, 0.3) is 5.69 Å². The number of hydrogen-bond acceptors (Lipinski definition) is 7. The number of aromatic nitrogens is 6. The first-order chi connectivity index (χ1) is 16.1. The van der Waals surface area contributed by atoms with Crippen LogP contribution in [0.3, 0.4) is 0 Å². The molecule has 10 nitrogen and oxygen atoms in total. The summed E-state index contributed by atoms with van der Waals surface area (Å²) >= 11 is 0. The van der Waals surface area contributed by atoms with Gasteiger partial charge in [-0.25, -0.2) is 10.1 Å². The first kappa shape index (κ1) is 22.9. The lowest BCUT2D eigenvalue weighted by molar-refractivity contribution is -0.141. The number of amides is 1. The highest BCUT2D eigenvalue weighted by atomic mass is 19.4. The number of para-hydroxylation sites is 1. The van der Waals surface area contributed by atoms with Crippen molar-refractivity contribution in [2.24, 2.45) is 5.10 Å². The maximum atomic E-state index is 12.8. The molecule has 4 rings (SSSR count). The van der Waals surface area contributed by atoms with E-state index in [4.69, 9.17) is 4.52 Å². The fourth-order valence-electron chi connectivity index (χ4n) is 3.22. The number of hydrazone groups is 1. The van der Waals surface area contributed by atoms with E-state index >= 15 is 0 Å². The highest BCUT2D eigenvalue weighted by molar-refractivity contribution is 5.91. The van der Waals surface area contributed by atoms with Gasteiger partial charge in [0, 0.05) is 11.3 Å². The molecular weight excluding hydrogens is 453 g/mol. The molecule has 13 heteroatoms. The smallest absolute Gasteiger partial charge is 0.328 e. The molecule has 0 radical (unpaired) electrons. The Kier molecular flexibility index (Phi) is 6.01. The number of rotatable bonds is 6. The molecule has 1 aromatic carbocycles. The molecule has 34 heavy (non-hydrogen) atoms. The summed E-state index contributed by atoms with van der Waals surface area (Å²) in [6, 6.07) is 10.5. The van der Waals surface area contributed by atoms with Gasteiger partial charge in [0.1, 0.15) is 6.54 Å². The lowest BCUT2D eigenvalue weighted by Crippen LogP contribution is -2.18. The van der Waals surface area contributed by atoms with Crippen LogP contribution in [0.5, 0.6) is 0 Å². The van der Waals surface area contributed by atoms with E-state index in [9.17, 15) is 18.0 Å². The van der Waals surface area contributed by atoms with E-state index in [1.807, 2.05) is 44.2 Å². The van der Waals surface area contributed by atoms with Crippen LogP contribution in [0.4, 0.5) is 13.2 Å². The van der Waals surface area contributed by atoms with E-state index in [2.05, 4.69) is 30.9 Å². The van der Waals surface area contributed by atoms with E-state index in [0.717, 1.165) is 27.7 Å². The standard InChI is InChI=1S/C21H19F3N8O2/c1-12-9-17(21(22,23)24)29-31(12)11-18-26-20(34-30-18)19(33)27-25-10-16-13(2)28-32(14(16)3)15-7-5-4-6-8-15/h4-10H,11H2,1-3H3,(H,27,33)/b25-10+. The number of benzene rings is 1. The van der Waals surface area contributed by atoms with E-state index in [0.29, 0.717) is 5.69 Å². The molecule has 3 aromatic heterocycles. The first-order valence-corrected chi connectivity index (χ1v) is 10.0. The van der Waals surface area contributed by atoms with Gasteiger partial charge in [0.05, 0.1) is 23.3 Å². The molecule has 0 fully saturated rings. The van der Waals surface area contributed by atoms with Gasteiger partial charge in [0.2, 0.25) is 0 Å². The third-order valence-corrected chi connectivity index (χ3v) is 4.93. The van der Waals surface area contributed by atoms with Gasteiger partial charge in [-0.05, 0) is 39.0 Å². The maximum absolute atomic E-state index is 12.8. The minimum absolute atomic E-state index is 0.00937. The van der Waals surface area contributed by atoms with Crippen molar-refractivity contribution in [1.82, 2.24) is 35.1 Å². The lowest BCUT2D eigenvalue weighted by atomic mass is 10.2. The summed E-state index contributed by atoms with van der Waals surface area (Å²) in [6.45, 7) is 4.97. The van der Waals surface area contributed by atoms with Crippen molar-refractivity contribution in [3.8, 4) is 5.69 Å². The van der Waals surface area contributed by atoms with Gasteiger partial charge in [0.25, 0.3) is 0 Å². The van der Waals surface area contributed by atoms with Gasteiger partial charge >= 0.3 is 18.0 Å². The van der Waals surface area contributed by atoms with Crippen molar-refractivity contribution < 1.29 is 22.5 Å². The molecule has 1 amide bonds. The van der Waals surface area contributed by atoms with Gasteiger partial charge in [0.15, 0.2) is 11.5 Å². The summed E-state index contributed by atoms with van der Waals surface area (Å²) < 4.78 is 46.2. The van der Waals surface area contributed by atoms with Crippen LogP contribution in [0, 0.1) is 20.8 Å². The lowest BCUT2D eigenvalue weighted by Gasteiger charge is -2.03. The van der Waals surface area contributed by atoms with E-state index < -0.39 is 17.8 Å². The Balaban J connectivity index is 1.42. The first-order valence-electron chi connectivity index (χ1n) is 10.0. The summed E-state index contributed by atoms with van der Waals surface area (Å²) in [5, 5.41) is 15.5. The zero-order chi connectivity index (χ0) is 24.5. The predicted octanol–water partition coefficient (Wildman–Crippen LogP) is 3.21. The van der Waals surface area contributed by atoms with E-state index in [1.54, 1.807) is 4.68 Å². The quantitative estimate of drug-likeness (QED) is 0.340. The molecule has 3 heterocycles. The topological polar surface area (TPSA) is 116 Å². The minimum atomic E-state index is -4.56. The second-order valence-electron chi connectivity index (χ2n) is 7.37. The molecule has 0 aliphatic carbocycles. The van der Waals surface area contributed by atoms with Crippen LogP contribution in [0.1, 0.15) is 44.8 Å². The van der Waals surface area contributed by atoms with Crippen LogP contribution in [-0.2, 0) is 12.7 Å². The molecular formula is C21H19F3N8O2. The molecule has 0 spiro atoms. The van der Waals surface area contributed by atoms with Crippen molar-refractivity contribution >= 4 is 12.1 Å². The molecule has 0 aliphatic heterocycles. The molecule has 1 N–H and O–H groups in total. The number of carbonyl (C=O) groups is 1. The normalized spacial score (nSPS) is 11.9. The highest BCUT2D eigenvalue weighted by Crippen LogP contribution is 2.28. The number of halogens is 3. The van der Waals surface area contributed by atoms with Gasteiger partial charge in [-0.1, -0.05) is 23.4 Å². The Bertz CT molecular complexity index is 1350. The maximum Gasteiger partial charge on any atom is 0.435 e. The average Bonchev–Trinajstić information content (AvgIpc) is 3.48. The Morgan fingerprint density at radius 3 is 2.59 bits per heavy atom. The van der Waals surface area contributed by atoms with Gasteiger partial charge < -0.3 is 4.52 Å². The SMILES string of the molecule is Cc1nn(-c2ccccc2)c(C)c1/C=N/NC(=O)c1nc(Cn2nc(C(F)(F)F)cc2C)no1. The Labute approximate surface area is 191 Å². The number of nitrogens with zero attached hydrogens (tertiary/aromatic N) is 7. The average molecular weight is 472 g/mol. The Morgan fingerprint density at radius 2 is 1.91 bits per heavy atom. The van der Waals surface area contributed by atoms with Crippen molar-refractivity contribution in [3.63, 3.8) is 0 Å². The second kappa shape index (κ2) is 8.92. The zero-order valence-electron chi connectivity index (χ0n) is 18.3. The Morgan fingerprint density at radius 1 is 1.18 bits per heavy atom. The number of nitrogens with one attached hydrogen (secondary N) is 1. The monoisotopic (exact) mass is 472 g/mol. The number of alkyl halides is 3. The summed E-state index contributed by atoms with van der Waals surface area (Å²) in [6.07, 6.45) is -3.11. The van der Waals surface area contributed by atoms with Gasteiger partial charge in [-0.2, -0.15) is 33.5 Å². The minimum Gasteiger partial charge on any atom is -0.328 e. The summed E-state index contributed by atoms with van der Waals surface area (Å²) in [7, 11) is 0. The summed E-state index contributed by atoms with van der Waals surface area (Å²) in [5.74, 6) is -1.17. The molecule has 0 atom stereocenters. The van der Waals surface area contributed by atoms with Crippen molar-refractivity contribution in [2.45, 2.75) is 33.5 Å². The molecule has 4 aromatic rings. The summed E-state index contributed by atoms with van der Waals surface area (Å²) in [5.41, 5.74) is 4.68. The van der Waals surface area contributed by atoms with Crippen molar-refractivity contribution in [1.29, 1.82) is 0 Å². The molecule has 0 saturated carbocycles. The zero-order valence-corrected chi connectivity index (χ0v) is 18.3. The van der Waals surface area contributed by atoms with Crippen LogP contribution in [-0.4, -0.2) is 41.8 Å². The Hall–Kier alpha value is -4.29. The molecule has 0 bridgehead atoms. The molecule has 0 saturated heterocycles. The fourth-order valence-corrected chi connectivity index (χ4v) is 3.22. The second-order valence-corrected chi connectivity index (χ2v) is 7.37. The van der Waals surface area contributed by atoms with E-state index in [1.165, 1.54) is 13.1 Å². The highest BCUT2D eigenvalue weighted by Gasteiger charge is 2.34. The number of aryl methyl sites for hydroxylation is 2. The third kappa shape index (κ3) is 4.72. The third-order valence-electron chi connectivity index (χ3n) is 4.93. The van der Waals surface area contributed by atoms with Crippen molar-refractivity contribution in [3.05, 3.63) is 76.5 Å². The van der Waals surface area contributed by atoms with Crippen LogP contribution < -0.4 is 5.43 Å². The molecule has 176 valence electrons. The van der Waals surface area contributed by atoms with Gasteiger partial charge in [-0.15, -0.1) is 0 Å². The number of carbonyl (C=O) groups excluding carboxylic acids is 1. The summed E-state index contributed by atoms with van der Waals surface area (Å²) in [4.78, 5) is 16.2. The fraction of sp³-hybridized carbons (Fsp3) is 0.238. The van der Waals surface area contributed by atoms with E-state index in [-0.39, 0.29) is 24.0 Å².